The van der Waals surface area contributed by atoms with Crippen LogP contribution in [0.15, 0.2) is 10.2 Å². The van der Waals surface area contributed by atoms with Gasteiger partial charge in [-0.15, -0.1) is 0 Å². The van der Waals surface area contributed by atoms with Gasteiger partial charge in [-0.2, -0.15) is 0 Å². The van der Waals surface area contributed by atoms with Crippen LogP contribution in [0.2, 0.25) is 13.3 Å². The van der Waals surface area contributed by atoms with Crippen molar-refractivity contribution in [1.29, 1.82) is 0 Å². The molecule has 0 spiro atoms. The van der Waals surface area contributed by atoms with Crippen molar-refractivity contribution in [3.63, 3.8) is 0 Å². The number of aliphatic hydroxyl groups excluding tert-OH is 1. The molecule has 0 heterocycles. The minimum absolute atomic E-state index is 0.233. The molecule has 2 atom stereocenters. The molecule has 0 fully saturated rings. The fourth-order valence-electron chi connectivity index (χ4n) is 3.85. The maximum atomic E-state index is 10.9. The van der Waals surface area contributed by atoms with Gasteiger partial charge in [0.25, 0.3) is 0 Å². The van der Waals surface area contributed by atoms with Gasteiger partial charge < -0.3 is 0 Å². The van der Waals surface area contributed by atoms with Crippen molar-refractivity contribution in [2.24, 2.45) is 0 Å². The van der Waals surface area contributed by atoms with Crippen molar-refractivity contribution in [2.75, 3.05) is 13.9 Å². The molecule has 0 aliphatic carbocycles. The van der Waals surface area contributed by atoms with E-state index >= 15 is 0 Å². The summed E-state index contributed by atoms with van der Waals surface area (Å²) in [5.74, 6) is 0. The van der Waals surface area contributed by atoms with Gasteiger partial charge in [-0.3, -0.25) is 0 Å². The van der Waals surface area contributed by atoms with Crippen molar-refractivity contribution in [2.45, 2.75) is 111 Å². The van der Waals surface area contributed by atoms with E-state index in [0.29, 0.717) is 0 Å². The number of unbranched alkanes of at least 4 members (excludes halogenated alkanes) is 4. The summed E-state index contributed by atoms with van der Waals surface area (Å²) in [5.41, 5.74) is 0. The number of hydrogen-bond donors (Lipinski definition) is 1. The molecule has 156 valence electrons. The first-order valence-corrected chi connectivity index (χ1v) is 18.5. The average Bonchev–Trinajstić information content (AvgIpc) is 2.66. The standard InChI is InChI=1S/C10H19O3.3C4H9.Sn/c1-4-6-7-9(11)10(5-2)13-8-12-3;3*1-3-4-2;/h9-11H,2,4,6-8H2,1,3H3;3*1,3-4H2,2H3;/t9-,10+;;;;/m1..../s1. The predicted molar refractivity (Wildman–Crippen MR) is 116 cm³/mol. The van der Waals surface area contributed by atoms with Gasteiger partial charge in [0.2, 0.25) is 0 Å². The molecule has 0 aromatic heterocycles. The Kier molecular flexibility index (Phi) is 16.6. The quantitative estimate of drug-likeness (QED) is 0.182. The zero-order valence-electron chi connectivity index (χ0n) is 18.3. The fraction of sp³-hybridized carbons (Fsp3) is 0.909. The Morgan fingerprint density at radius 3 is 1.73 bits per heavy atom. The first-order valence-electron chi connectivity index (χ1n) is 11.0. The van der Waals surface area contributed by atoms with Gasteiger partial charge in [0.05, 0.1) is 0 Å². The molecule has 26 heavy (non-hydrogen) atoms. The van der Waals surface area contributed by atoms with Crippen molar-refractivity contribution in [3.05, 3.63) is 10.2 Å². The molecule has 0 amide bonds. The second kappa shape index (κ2) is 16.4. The van der Waals surface area contributed by atoms with E-state index in [9.17, 15) is 5.11 Å². The molecule has 0 rings (SSSR count). The van der Waals surface area contributed by atoms with Gasteiger partial charge in [0, 0.05) is 0 Å². The van der Waals surface area contributed by atoms with Crippen LogP contribution in [0.25, 0.3) is 0 Å². The van der Waals surface area contributed by atoms with Crippen LogP contribution in [0.3, 0.4) is 0 Å². The van der Waals surface area contributed by atoms with E-state index in [1.165, 1.54) is 55.4 Å². The summed E-state index contributed by atoms with van der Waals surface area (Å²) in [7, 11) is 1.65. The summed E-state index contributed by atoms with van der Waals surface area (Å²) in [4.78, 5) is 0. The van der Waals surface area contributed by atoms with Crippen LogP contribution < -0.4 is 0 Å². The van der Waals surface area contributed by atoms with E-state index in [4.69, 9.17) is 9.47 Å². The van der Waals surface area contributed by atoms with Crippen LogP contribution in [-0.2, 0) is 9.47 Å². The molecular weight excluding hydrogens is 431 g/mol. The summed E-state index contributed by atoms with van der Waals surface area (Å²) >= 11 is -2.63. The maximum absolute atomic E-state index is 10.9. The number of rotatable bonds is 18. The molecular formula is C22H46O3Sn. The van der Waals surface area contributed by atoms with E-state index in [-0.39, 0.29) is 12.9 Å². The first kappa shape index (κ1) is 26.4. The van der Waals surface area contributed by atoms with Crippen molar-refractivity contribution < 1.29 is 14.6 Å². The summed E-state index contributed by atoms with van der Waals surface area (Å²) in [5, 5.41) is 10.9. The molecule has 1 N–H and O–H groups in total. The normalized spacial score (nSPS) is 14.4. The van der Waals surface area contributed by atoms with Gasteiger partial charge in [0.1, 0.15) is 0 Å². The summed E-state index contributed by atoms with van der Waals surface area (Å²) in [6, 6.07) is 0. The number of methoxy groups -OCH3 is 1. The second-order valence-corrected chi connectivity index (χ2v) is 21.2. The molecule has 4 heteroatoms. The Labute approximate surface area is 167 Å². The third-order valence-electron chi connectivity index (χ3n) is 5.62. The van der Waals surface area contributed by atoms with Gasteiger partial charge >= 0.3 is 168 Å². The molecule has 0 aliphatic rings. The Hall–Kier alpha value is 0.419. The predicted octanol–water partition coefficient (Wildman–Crippen LogP) is 6.47. The van der Waals surface area contributed by atoms with Crippen LogP contribution in [-0.4, -0.2) is 49.6 Å². The molecule has 0 radical (unpaired) electrons. The van der Waals surface area contributed by atoms with Crippen molar-refractivity contribution >= 4 is 18.4 Å². The summed E-state index contributed by atoms with van der Waals surface area (Å²) < 4.78 is 16.6. The van der Waals surface area contributed by atoms with Crippen LogP contribution in [0.5, 0.6) is 0 Å². The van der Waals surface area contributed by atoms with E-state index < -0.39 is 24.5 Å². The number of ether oxygens (including phenoxy) is 2. The SMILES string of the molecule is C=[C]([C@H](OCOC)[C@H](O)CCCC)[Sn]([CH2]CCC)([CH2]CCC)[CH2]CCC. The van der Waals surface area contributed by atoms with Crippen LogP contribution in [0, 0.1) is 0 Å². The van der Waals surface area contributed by atoms with E-state index in [1.807, 2.05) is 0 Å². The molecule has 3 nitrogen and oxygen atoms in total. The molecule has 0 aromatic rings. The van der Waals surface area contributed by atoms with Gasteiger partial charge in [-0.1, -0.05) is 0 Å². The van der Waals surface area contributed by atoms with E-state index in [2.05, 4.69) is 34.3 Å². The van der Waals surface area contributed by atoms with E-state index in [0.717, 1.165) is 19.3 Å². The number of aliphatic hydroxyl groups is 1. The third-order valence-corrected chi connectivity index (χ3v) is 21.5. The first-order chi connectivity index (χ1) is 12.5. The molecule has 0 aliphatic heterocycles. The van der Waals surface area contributed by atoms with Crippen molar-refractivity contribution in [3.8, 4) is 0 Å². The van der Waals surface area contributed by atoms with Crippen LogP contribution in [0.4, 0.5) is 0 Å². The van der Waals surface area contributed by atoms with Gasteiger partial charge in [0.15, 0.2) is 0 Å². The zero-order chi connectivity index (χ0) is 19.8. The average molecular weight is 477 g/mol. The Bertz CT molecular complexity index is 325. The topological polar surface area (TPSA) is 38.7 Å². The minimum atomic E-state index is -2.63. The van der Waals surface area contributed by atoms with Gasteiger partial charge in [-0.05, 0) is 0 Å². The van der Waals surface area contributed by atoms with Crippen LogP contribution in [0.1, 0.15) is 85.5 Å². The van der Waals surface area contributed by atoms with Crippen molar-refractivity contribution in [1.82, 2.24) is 0 Å². The monoisotopic (exact) mass is 478 g/mol. The third kappa shape index (κ3) is 9.56. The summed E-state index contributed by atoms with van der Waals surface area (Å²) in [6.07, 6.45) is 9.85. The Balaban J connectivity index is 5.55. The Morgan fingerprint density at radius 1 is 0.885 bits per heavy atom. The number of hydrogen-bond acceptors (Lipinski definition) is 3. The zero-order valence-corrected chi connectivity index (χ0v) is 21.2. The Morgan fingerprint density at radius 2 is 1.35 bits per heavy atom. The van der Waals surface area contributed by atoms with E-state index in [1.54, 1.807) is 7.11 Å². The molecule has 0 saturated heterocycles. The molecule has 0 saturated carbocycles. The van der Waals surface area contributed by atoms with Crippen LogP contribution >= 0.6 is 0 Å². The second-order valence-electron chi connectivity index (χ2n) is 7.82. The summed E-state index contributed by atoms with van der Waals surface area (Å²) in [6.45, 7) is 13.9. The molecule has 0 unspecified atom stereocenters. The molecule has 0 bridgehead atoms. The van der Waals surface area contributed by atoms with Gasteiger partial charge in [-0.25, -0.2) is 0 Å². The molecule has 0 aromatic carbocycles. The fourth-order valence-corrected chi connectivity index (χ4v) is 20.1.